The zero-order chi connectivity index (χ0) is 28.3. The first kappa shape index (κ1) is 27.2. The molecule has 5 aromatic rings. The number of methoxy groups -OCH3 is 1. The van der Waals surface area contributed by atoms with E-state index in [1.165, 1.54) is 30.6 Å². The summed E-state index contributed by atoms with van der Waals surface area (Å²) in [5.74, 6) is 0.968. The van der Waals surface area contributed by atoms with Crippen molar-refractivity contribution in [1.82, 2.24) is 38.4 Å². The van der Waals surface area contributed by atoms with E-state index in [9.17, 15) is 4.39 Å². The van der Waals surface area contributed by atoms with Gasteiger partial charge in [0.25, 0.3) is 0 Å². The van der Waals surface area contributed by atoms with Gasteiger partial charge in [0, 0.05) is 44.4 Å². The average molecular weight is 577 g/mol. The van der Waals surface area contributed by atoms with Gasteiger partial charge in [0.05, 0.1) is 47.9 Å². The van der Waals surface area contributed by atoms with Gasteiger partial charge < -0.3 is 15.4 Å². The minimum Gasteiger partial charge on any atom is -0.360 e. The number of halogens is 1. The summed E-state index contributed by atoms with van der Waals surface area (Å²) in [7, 11) is 1.57. The van der Waals surface area contributed by atoms with Gasteiger partial charge in [-0.15, -0.1) is 0 Å². The topological polar surface area (TPSA) is 110 Å². The fourth-order valence-electron chi connectivity index (χ4n) is 5.24. The highest BCUT2D eigenvalue weighted by Crippen LogP contribution is 2.28. The number of aryl methyl sites for hydroxylation is 1. The number of pyridine rings is 1. The number of imidazole rings is 1. The van der Waals surface area contributed by atoms with E-state index < -0.39 is 12.0 Å². The van der Waals surface area contributed by atoms with E-state index in [1.807, 2.05) is 29.9 Å². The van der Waals surface area contributed by atoms with Crippen LogP contribution in [-0.2, 0) is 17.8 Å². The molecule has 1 fully saturated rings. The van der Waals surface area contributed by atoms with E-state index in [1.54, 1.807) is 24.1 Å². The maximum atomic E-state index is 14.0. The van der Waals surface area contributed by atoms with Crippen molar-refractivity contribution in [2.45, 2.75) is 46.0 Å². The Balaban J connectivity index is 1.18. The molecule has 214 valence electrons. The molecule has 0 spiro atoms. The molecule has 2 atom stereocenters. The van der Waals surface area contributed by atoms with Crippen molar-refractivity contribution in [3.05, 3.63) is 66.5 Å². The van der Waals surface area contributed by atoms with Crippen LogP contribution in [0, 0.1) is 18.7 Å². The number of piperidine rings is 1. The van der Waals surface area contributed by atoms with Gasteiger partial charge in [-0.3, -0.25) is 19.0 Å². The third kappa shape index (κ3) is 6.21. The first-order valence-electron chi connectivity index (χ1n) is 13.7. The van der Waals surface area contributed by atoms with Crippen LogP contribution in [0.5, 0.6) is 0 Å². The van der Waals surface area contributed by atoms with E-state index in [0.29, 0.717) is 23.7 Å². The number of rotatable bonds is 10. The fraction of sp³-hybridized carbons (Fsp3) is 0.393. The fourth-order valence-corrected chi connectivity index (χ4v) is 5.90. The third-order valence-electron chi connectivity index (χ3n) is 7.20. The molecule has 1 aliphatic heterocycles. The van der Waals surface area contributed by atoms with Crippen molar-refractivity contribution >= 4 is 33.7 Å². The van der Waals surface area contributed by atoms with Gasteiger partial charge in [0.1, 0.15) is 11.2 Å². The summed E-state index contributed by atoms with van der Waals surface area (Å²) in [6, 6.07) is 3.68. The minimum absolute atomic E-state index is 0.318. The number of nitrogens with zero attached hydrogens (tertiary/aromatic N) is 8. The van der Waals surface area contributed by atoms with Crippen LogP contribution in [0.15, 0.2) is 49.3 Å². The molecular weight excluding hydrogens is 543 g/mol. The predicted octanol–water partition coefficient (Wildman–Crippen LogP) is 4.95. The lowest BCUT2D eigenvalue weighted by atomic mass is 10.0. The Hall–Kier alpha value is -3.94. The number of ether oxygens (including phenoxy) is 1. The van der Waals surface area contributed by atoms with Crippen LogP contribution in [0.1, 0.15) is 31.2 Å². The van der Waals surface area contributed by atoms with Gasteiger partial charge in [0.2, 0.25) is 0 Å². The Labute approximate surface area is 241 Å². The summed E-state index contributed by atoms with van der Waals surface area (Å²) in [6.45, 7) is 7.77. The van der Waals surface area contributed by atoms with E-state index >= 15 is 0 Å². The number of hydrogen-bond acceptors (Lipinski definition) is 10. The molecule has 0 saturated carbocycles. The maximum absolute atomic E-state index is 14.0. The van der Waals surface area contributed by atoms with Crippen molar-refractivity contribution in [2.75, 3.05) is 30.8 Å². The number of fused-ring (bicyclic) bond motifs is 1. The molecule has 0 radical (unpaired) electrons. The van der Waals surface area contributed by atoms with E-state index in [0.717, 1.165) is 59.4 Å². The molecule has 2 N–H and O–H groups in total. The van der Waals surface area contributed by atoms with Crippen molar-refractivity contribution in [3.63, 3.8) is 0 Å². The monoisotopic (exact) mass is 576 g/mol. The van der Waals surface area contributed by atoms with E-state index in [-0.39, 0.29) is 0 Å². The number of aromatic nitrogens is 7. The SMILES string of the molecule is COC(Cn1cc(-c2cnc3c(Nc4cc(CN5CCCC(C)C5)ns4)nc(C)cn23)cn1)Nc1ccncc1F. The summed E-state index contributed by atoms with van der Waals surface area (Å²) >= 11 is 1.44. The van der Waals surface area contributed by atoms with Crippen LogP contribution in [0.25, 0.3) is 16.9 Å². The minimum atomic E-state index is -0.494. The van der Waals surface area contributed by atoms with Crippen LogP contribution in [0.2, 0.25) is 0 Å². The lowest BCUT2D eigenvalue weighted by molar-refractivity contribution is 0.107. The Bertz CT molecular complexity index is 1630. The van der Waals surface area contributed by atoms with Crippen molar-refractivity contribution < 1.29 is 9.13 Å². The average Bonchev–Trinajstić information content (AvgIpc) is 3.70. The number of likely N-dealkylation sites (tertiary alicyclic amines) is 1. The van der Waals surface area contributed by atoms with Crippen molar-refractivity contribution in [3.8, 4) is 11.3 Å². The molecule has 1 saturated heterocycles. The molecule has 6 heterocycles. The van der Waals surface area contributed by atoms with Crippen molar-refractivity contribution in [1.29, 1.82) is 0 Å². The molecule has 1 aliphatic rings. The van der Waals surface area contributed by atoms with Crippen LogP contribution in [0.4, 0.5) is 20.9 Å². The van der Waals surface area contributed by atoms with Crippen molar-refractivity contribution in [2.24, 2.45) is 5.92 Å². The lowest BCUT2D eigenvalue weighted by Crippen LogP contribution is -2.33. The largest absolute Gasteiger partial charge is 0.360 e. The summed E-state index contributed by atoms with van der Waals surface area (Å²) in [5, 5.41) is 11.9. The number of anilines is 3. The van der Waals surface area contributed by atoms with Crippen LogP contribution in [-0.4, -0.2) is 64.8 Å². The first-order chi connectivity index (χ1) is 19.9. The summed E-state index contributed by atoms with van der Waals surface area (Å²) in [4.78, 5) is 15.7. The molecule has 0 amide bonds. The number of hydrogen-bond donors (Lipinski definition) is 2. The highest BCUT2D eigenvalue weighted by atomic mass is 32.1. The molecule has 0 aliphatic carbocycles. The smallest absolute Gasteiger partial charge is 0.180 e. The second kappa shape index (κ2) is 11.9. The molecule has 41 heavy (non-hydrogen) atoms. The standard InChI is InChI=1S/C28H33FN10OS/c1-18-5-4-8-37(13-18)16-21-9-26(41-36-21)35-27-28-31-12-24(39(28)14-19(2)33-27)20-10-32-38(15-20)17-25(40-3)34-23-6-7-30-11-22(23)29/h6-7,9-12,14-15,18,25H,4-5,8,13,16-17H2,1-3H3,(H,30,34)(H,33,35). The van der Waals surface area contributed by atoms with Gasteiger partial charge in [0.15, 0.2) is 17.3 Å². The second-order valence-electron chi connectivity index (χ2n) is 10.5. The van der Waals surface area contributed by atoms with E-state index in [4.69, 9.17) is 9.72 Å². The molecule has 5 aromatic heterocycles. The van der Waals surface area contributed by atoms with Crippen LogP contribution >= 0.6 is 11.5 Å². The molecule has 11 nitrogen and oxygen atoms in total. The molecule has 6 rings (SSSR count). The number of nitrogens with one attached hydrogen (secondary N) is 2. The summed E-state index contributed by atoms with van der Waals surface area (Å²) < 4.78 is 28.0. The predicted molar refractivity (Wildman–Crippen MR) is 157 cm³/mol. The summed E-state index contributed by atoms with van der Waals surface area (Å²) in [5.41, 5.74) is 4.71. The normalized spacial score (nSPS) is 16.7. The van der Waals surface area contributed by atoms with Gasteiger partial charge in [-0.2, -0.15) is 9.47 Å². The second-order valence-corrected chi connectivity index (χ2v) is 11.3. The Morgan fingerprint density at radius 3 is 2.98 bits per heavy atom. The van der Waals surface area contributed by atoms with Gasteiger partial charge in [-0.1, -0.05) is 6.92 Å². The van der Waals surface area contributed by atoms with E-state index in [2.05, 4.69) is 48.0 Å². The highest BCUT2D eigenvalue weighted by Gasteiger charge is 2.19. The maximum Gasteiger partial charge on any atom is 0.180 e. The summed E-state index contributed by atoms with van der Waals surface area (Å²) in [6.07, 6.45) is 12.2. The molecule has 0 aromatic carbocycles. The molecular formula is C28H33FN10OS. The van der Waals surface area contributed by atoms with Gasteiger partial charge in [-0.25, -0.2) is 14.4 Å². The third-order valence-corrected chi connectivity index (χ3v) is 7.94. The molecule has 13 heteroatoms. The zero-order valence-electron chi connectivity index (χ0n) is 23.3. The lowest BCUT2D eigenvalue weighted by Gasteiger charge is -2.30. The molecule has 2 unspecified atom stereocenters. The first-order valence-corrected chi connectivity index (χ1v) is 14.4. The molecule has 0 bridgehead atoms. The van der Waals surface area contributed by atoms with Gasteiger partial charge >= 0.3 is 0 Å². The van der Waals surface area contributed by atoms with Crippen LogP contribution < -0.4 is 10.6 Å². The zero-order valence-corrected chi connectivity index (χ0v) is 24.1. The Morgan fingerprint density at radius 1 is 1.24 bits per heavy atom. The Kier molecular flexibility index (Phi) is 7.90. The van der Waals surface area contributed by atoms with Gasteiger partial charge in [-0.05, 0) is 55.9 Å². The Morgan fingerprint density at radius 2 is 2.15 bits per heavy atom. The van der Waals surface area contributed by atoms with Crippen LogP contribution in [0.3, 0.4) is 0 Å². The quantitative estimate of drug-likeness (QED) is 0.223. The highest BCUT2D eigenvalue weighted by molar-refractivity contribution is 7.10.